The van der Waals surface area contributed by atoms with Crippen LogP contribution in [0.3, 0.4) is 0 Å². The molecule has 194 valence electrons. The van der Waals surface area contributed by atoms with Crippen molar-refractivity contribution in [1.29, 1.82) is 0 Å². The van der Waals surface area contributed by atoms with Crippen LogP contribution in [0.5, 0.6) is 11.5 Å². The molecule has 11 heteroatoms. The SMILES string of the molecule is COc1cc(/C=C2\C(=O)NC(=O)N(c3cccc(Cl)c3)C2=O)ccc1OCC(=O)Nc1ccc(C)c(Cl)c1. The maximum Gasteiger partial charge on any atom is 0.335 e. The molecule has 38 heavy (non-hydrogen) atoms. The lowest BCUT2D eigenvalue weighted by Crippen LogP contribution is -2.54. The van der Waals surface area contributed by atoms with Crippen molar-refractivity contribution in [3.8, 4) is 11.5 Å². The molecule has 3 aromatic rings. The maximum absolute atomic E-state index is 13.1. The number of rotatable bonds is 7. The van der Waals surface area contributed by atoms with Gasteiger partial charge in [-0.1, -0.05) is 41.4 Å². The molecule has 4 rings (SSSR count). The molecule has 0 radical (unpaired) electrons. The molecule has 1 aliphatic rings. The second-order valence-corrected chi connectivity index (χ2v) is 8.99. The van der Waals surface area contributed by atoms with Crippen LogP contribution in [0.15, 0.2) is 66.2 Å². The number of nitrogens with zero attached hydrogens (tertiary/aromatic N) is 1. The standard InChI is InChI=1S/C27H21Cl2N3O6/c1-15-6-8-18(13-21(15)29)30-24(33)14-38-22-9-7-16(11-23(22)37-2)10-20-25(34)31-27(36)32(26(20)35)19-5-3-4-17(28)12-19/h3-13H,14H2,1-2H3,(H,30,33)(H,31,34,36)/b20-10+. The zero-order chi connectivity index (χ0) is 27.4. The van der Waals surface area contributed by atoms with Crippen molar-refractivity contribution in [2.75, 3.05) is 23.9 Å². The average molecular weight is 554 g/mol. The Morgan fingerprint density at radius 1 is 1.03 bits per heavy atom. The largest absolute Gasteiger partial charge is 0.493 e. The quantitative estimate of drug-likeness (QED) is 0.314. The number of aryl methyl sites for hydroxylation is 1. The molecule has 2 N–H and O–H groups in total. The zero-order valence-corrected chi connectivity index (χ0v) is 21.7. The molecule has 1 aliphatic heterocycles. The Bertz CT molecular complexity index is 1490. The number of methoxy groups -OCH3 is 1. The molecule has 0 saturated carbocycles. The molecule has 3 aromatic carbocycles. The minimum Gasteiger partial charge on any atom is -0.493 e. The number of carbonyl (C=O) groups excluding carboxylic acids is 4. The Morgan fingerprint density at radius 2 is 1.82 bits per heavy atom. The molecule has 1 fully saturated rings. The second-order valence-electron chi connectivity index (χ2n) is 8.15. The summed E-state index contributed by atoms with van der Waals surface area (Å²) < 4.78 is 11.0. The van der Waals surface area contributed by atoms with Crippen LogP contribution in [0.25, 0.3) is 6.08 Å². The number of hydrogen-bond acceptors (Lipinski definition) is 6. The van der Waals surface area contributed by atoms with Crippen LogP contribution >= 0.6 is 23.2 Å². The molecular formula is C27H21Cl2N3O6. The third-order valence-electron chi connectivity index (χ3n) is 5.48. The highest BCUT2D eigenvalue weighted by atomic mass is 35.5. The van der Waals surface area contributed by atoms with E-state index >= 15 is 0 Å². The van der Waals surface area contributed by atoms with Crippen LogP contribution in [-0.4, -0.2) is 37.5 Å². The molecule has 0 unspecified atom stereocenters. The highest BCUT2D eigenvalue weighted by molar-refractivity contribution is 6.39. The van der Waals surface area contributed by atoms with Crippen molar-refractivity contribution in [2.45, 2.75) is 6.92 Å². The van der Waals surface area contributed by atoms with Crippen molar-refractivity contribution in [3.63, 3.8) is 0 Å². The van der Waals surface area contributed by atoms with Crippen molar-refractivity contribution in [2.24, 2.45) is 0 Å². The molecule has 0 atom stereocenters. The van der Waals surface area contributed by atoms with Crippen molar-refractivity contribution >= 4 is 64.4 Å². The van der Waals surface area contributed by atoms with E-state index in [-0.39, 0.29) is 29.4 Å². The summed E-state index contributed by atoms with van der Waals surface area (Å²) in [5, 5.41) is 5.70. The number of ether oxygens (including phenoxy) is 2. The number of anilines is 2. The lowest BCUT2D eigenvalue weighted by molar-refractivity contribution is -0.122. The summed E-state index contributed by atoms with van der Waals surface area (Å²) in [7, 11) is 1.41. The van der Waals surface area contributed by atoms with Gasteiger partial charge in [0, 0.05) is 15.7 Å². The molecule has 0 aliphatic carbocycles. The predicted molar refractivity (Wildman–Crippen MR) is 144 cm³/mol. The van der Waals surface area contributed by atoms with E-state index in [1.54, 1.807) is 36.4 Å². The van der Waals surface area contributed by atoms with Gasteiger partial charge in [0.05, 0.1) is 12.8 Å². The third-order valence-corrected chi connectivity index (χ3v) is 6.12. The van der Waals surface area contributed by atoms with Gasteiger partial charge in [-0.25, -0.2) is 9.69 Å². The fraction of sp³-hybridized carbons (Fsp3) is 0.111. The lowest BCUT2D eigenvalue weighted by atomic mass is 10.1. The number of imide groups is 2. The van der Waals surface area contributed by atoms with Gasteiger partial charge in [0.1, 0.15) is 5.57 Å². The molecule has 0 spiro atoms. The topological polar surface area (TPSA) is 114 Å². The van der Waals surface area contributed by atoms with Crippen molar-refractivity contribution in [1.82, 2.24) is 5.32 Å². The smallest absolute Gasteiger partial charge is 0.335 e. The minimum absolute atomic E-state index is 0.214. The summed E-state index contributed by atoms with van der Waals surface area (Å²) in [5.74, 6) is -1.54. The van der Waals surface area contributed by atoms with Crippen molar-refractivity contribution < 1.29 is 28.7 Å². The first-order valence-corrected chi connectivity index (χ1v) is 12.0. The summed E-state index contributed by atoms with van der Waals surface area (Å²) in [4.78, 5) is 51.1. The first-order chi connectivity index (χ1) is 18.2. The van der Waals surface area contributed by atoms with E-state index < -0.39 is 23.8 Å². The Kier molecular flexibility index (Phi) is 7.99. The Hall–Kier alpha value is -4.34. The lowest BCUT2D eigenvalue weighted by Gasteiger charge is -2.26. The molecule has 1 saturated heterocycles. The Morgan fingerprint density at radius 3 is 2.53 bits per heavy atom. The second kappa shape index (κ2) is 11.4. The van der Waals surface area contributed by atoms with Gasteiger partial charge in [-0.15, -0.1) is 0 Å². The Labute approximate surface area is 227 Å². The molecule has 5 amide bonds. The number of hydrogen-bond donors (Lipinski definition) is 2. The highest BCUT2D eigenvalue weighted by Gasteiger charge is 2.36. The normalized spacial score (nSPS) is 14.4. The fourth-order valence-corrected chi connectivity index (χ4v) is 3.94. The Balaban J connectivity index is 1.50. The number of amides is 5. The fourth-order valence-electron chi connectivity index (χ4n) is 3.58. The van der Waals surface area contributed by atoms with E-state index in [4.69, 9.17) is 32.7 Å². The first-order valence-electron chi connectivity index (χ1n) is 11.2. The van der Waals surface area contributed by atoms with Crippen LogP contribution in [0.2, 0.25) is 10.0 Å². The first kappa shape index (κ1) is 26.7. The summed E-state index contributed by atoms with van der Waals surface area (Å²) in [5.41, 5.74) is 1.79. The number of carbonyl (C=O) groups is 4. The van der Waals surface area contributed by atoms with Gasteiger partial charge < -0.3 is 14.8 Å². The summed E-state index contributed by atoms with van der Waals surface area (Å²) in [6.45, 7) is 1.55. The average Bonchev–Trinajstić information content (AvgIpc) is 2.87. The summed E-state index contributed by atoms with van der Waals surface area (Å²) in [6.07, 6.45) is 1.32. The molecule has 1 heterocycles. The van der Waals surface area contributed by atoms with Gasteiger partial charge in [-0.2, -0.15) is 0 Å². The maximum atomic E-state index is 13.1. The molecule has 0 aromatic heterocycles. The molecule has 9 nitrogen and oxygen atoms in total. The number of barbiturate groups is 1. The van der Waals surface area contributed by atoms with Gasteiger partial charge in [0.25, 0.3) is 17.7 Å². The van der Waals surface area contributed by atoms with E-state index in [9.17, 15) is 19.2 Å². The van der Waals surface area contributed by atoms with E-state index in [0.29, 0.717) is 21.3 Å². The van der Waals surface area contributed by atoms with Crippen LogP contribution in [0, 0.1) is 6.92 Å². The summed E-state index contributed by atoms with van der Waals surface area (Å²) >= 11 is 12.1. The van der Waals surface area contributed by atoms with Crippen LogP contribution in [0.4, 0.5) is 16.2 Å². The van der Waals surface area contributed by atoms with E-state index in [1.165, 1.54) is 37.5 Å². The van der Waals surface area contributed by atoms with E-state index in [1.807, 2.05) is 6.92 Å². The van der Waals surface area contributed by atoms with Gasteiger partial charge >= 0.3 is 6.03 Å². The molecular weight excluding hydrogens is 533 g/mol. The number of nitrogens with one attached hydrogen (secondary N) is 2. The highest BCUT2D eigenvalue weighted by Crippen LogP contribution is 2.30. The number of benzene rings is 3. The van der Waals surface area contributed by atoms with Crippen LogP contribution in [0.1, 0.15) is 11.1 Å². The van der Waals surface area contributed by atoms with Crippen LogP contribution < -0.4 is 25.0 Å². The zero-order valence-electron chi connectivity index (χ0n) is 20.2. The van der Waals surface area contributed by atoms with E-state index in [0.717, 1.165) is 10.5 Å². The van der Waals surface area contributed by atoms with Crippen molar-refractivity contribution in [3.05, 3.63) is 87.4 Å². The molecule has 0 bridgehead atoms. The monoisotopic (exact) mass is 553 g/mol. The van der Waals surface area contributed by atoms with Crippen LogP contribution in [-0.2, 0) is 14.4 Å². The minimum atomic E-state index is -0.882. The summed E-state index contributed by atoms with van der Waals surface area (Å²) in [6, 6.07) is 15.0. The number of urea groups is 1. The van der Waals surface area contributed by atoms with Gasteiger partial charge in [-0.05, 0) is 66.6 Å². The van der Waals surface area contributed by atoms with Gasteiger partial charge in [-0.3, -0.25) is 19.7 Å². The van der Waals surface area contributed by atoms with E-state index in [2.05, 4.69) is 10.6 Å². The predicted octanol–water partition coefficient (Wildman–Crippen LogP) is 4.99. The third kappa shape index (κ3) is 5.96. The van der Waals surface area contributed by atoms with Gasteiger partial charge in [0.2, 0.25) is 0 Å². The number of halogens is 2. The van der Waals surface area contributed by atoms with Gasteiger partial charge in [0.15, 0.2) is 18.1 Å².